The van der Waals surface area contributed by atoms with Gasteiger partial charge >= 0.3 is 6.09 Å². The predicted octanol–water partition coefficient (Wildman–Crippen LogP) is 11.1. The van der Waals surface area contributed by atoms with Crippen molar-refractivity contribution in [2.24, 2.45) is 51.2 Å². The number of benzene rings is 2. The fourth-order valence-electron chi connectivity index (χ4n) is 13.9. The Bertz CT molecular complexity index is 2130. The summed E-state index contributed by atoms with van der Waals surface area (Å²) in [6.45, 7) is 14.0. The summed E-state index contributed by atoms with van der Waals surface area (Å²) in [7, 11) is 0. The van der Waals surface area contributed by atoms with Crippen molar-refractivity contribution in [1.29, 1.82) is 0 Å². The molecule has 11 atom stereocenters. The monoisotopic (exact) mass is 789 g/mol. The minimum atomic E-state index is -1.20. The first-order chi connectivity index (χ1) is 27.1. The Morgan fingerprint density at radius 3 is 2.42 bits per heavy atom. The molecule has 0 aliphatic heterocycles. The number of Topliss-reactive ketones (excluding diaryl/α,β-unsaturated/α-hetero) is 1. The molecule has 1 heterocycles. The van der Waals surface area contributed by atoms with E-state index in [9.17, 15) is 19.8 Å². The van der Waals surface area contributed by atoms with Crippen molar-refractivity contribution in [3.05, 3.63) is 93.7 Å². The average molecular weight is 790 g/mol. The molecule has 1 amide bonds. The number of carbonyl (C=O) groups excluding carboxylic acids is 2. The van der Waals surface area contributed by atoms with Gasteiger partial charge in [-0.3, -0.25) is 4.79 Å². The maximum absolute atomic E-state index is 14.9. The number of aliphatic hydroxyl groups excluding tert-OH is 1. The van der Waals surface area contributed by atoms with E-state index >= 15 is 0 Å². The second-order valence-corrected chi connectivity index (χ2v) is 21.6. The lowest BCUT2D eigenvalue weighted by molar-refractivity contribution is -0.175. The van der Waals surface area contributed by atoms with Crippen molar-refractivity contribution in [1.82, 2.24) is 4.90 Å². The fourth-order valence-corrected chi connectivity index (χ4v) is 14.7. The molecule has 7 aliphatic rings. The second kappa shape index (κ2) is 13.9. The van der Waals surface area contributed by atoms with Crippen LogP contribution in [0.2, 0.25) is 0 Å². The molecular formula is C50H63NO5S. The molecule has 10 rings (SSSR count). The van der Waals surface area contributed by atoms with E-state index in [2.05, 4.69) is 90.1 Å². The lowest BCUT2D eigenvalue weighted by atomic mass is 9.32. The summed E-state index contributed by atoms with van der Waals surface area (Å²) in [6, 6.07) is 18.6. The number of fused-ring (bicyclic) bond motifs is 2. The Balaban J connectivity index is 1.10. The molecule has 2 spiro atoms. The molecule has 4 fully saturated rings. The Morgan fingerprint density at radius 1 is 0.912 bits per heavy atom. The van der Waals surface area contributed by atoms with Crippen molar-refractivity contribution < 1.29 is 24.5 Å². The number of aliphatic hydroxyl groups is 2. The van der Waals surface area contributed by atoms with Crippen LogP contribution in [0.5, 0.6) is 0 Å². The van der Waals surface area contributed by atoms with E-state index < -0.39 is 22.5 Å². The van der Waals surface area contributed by atoms with E-state index in [0.717, 1.165) is 83.0 Å². The van der Waals surface area contributed by atoms with Crippen molar-refractivity contribution in [2.45, 2.75) is 130 Å². The summed E-state index contributed by atoms with van der Waals surface area (Å²) in [5, 5.41) is 26.8. The summed E-state index contributed by atoms with van der Waals surface area (Å²) in [4.78, 5) is 33.5. The number of hydrogen-bond donors (Lipinski definition) is 2. The third-order valence-corrected chi connectivity index (χ3v) is 18.1. The van der Waals surface area contributed by atoms with Crippen LogP contribution in [0.1, 0.15) is 119 Å². The molecule has 4 saturated carbocycles. The topological polar surface area (TPSA) is 87.1 Å². The first kappa shape index (κ1) is 39.2. The Morgan fingerprint density at radius 2 is 1.65 bits per heavy atom. The zero-order chi connectivity index (χ0) is 40.1. The summed E-state index contributed by atoms with van der Waals surface area (Å²) >= 11 is 1.56. The number of hydrogen-bond acceptors (Lipinski definition) is 6. The van der Waals surface area contributed by atoms with Gasteiger partial charge in [0.2, 0.25) is 0 Å². The normalized spacial score (nSPS) is 39.4. The van der Waals surface area contributed by atoms with Gasteiger partial charge in [0.15, 0.2) is 5.78 Å². The largest absolute Gasteiger partial charge is 0.446 e. The smallest absolute Gasteiger partial charge is 0.410 e. The molecule has 57 heavy (non-hydrogen) atoms. The molecular weight excluding hydrogens is 727 g/mol. The van der Waals surface area contributed by atoms with Gasteiger partial charge < -0.3 is 19.8 Å². The summed E-state index contributed by atoms with van der Waals surface area (Å²) in [5.41, 5.74) is -0.877. The molecule has 1 aromatic heterocycles. The third kappa shape index (κ3) is 5.90. The number of carbonyl (C=O) groups is 2. The van der Waals surface area contributed by atoms with Crippen LogP contribution in [-0.2, 0) is 11.3 Å². The molecule has 0 radical (unpaired) electrons. The molecule has 2 N–H and O–H groups in total. The lowest BCUT2D eigenvalue weighted by Gasteiger charge is -2.71. The van der Waals surface area contributed by atoms with Gasteiger partial charge in [-0.15, -0.1) is 11.3 Å². The predicted molar refractivity (Wildman–Crippen MR) is 228 cm³/mol. The van der Waals surface area contributed by atoms with E-state index in [1.807, 2.05) is 29.2 Å². The quantitative estimate of drug-likeness (QED) is 0.175. The molecule has 11 unspecified atom stereocenters. The summed E-state index contributed by atoms with van der Waals surface area (Å²) in [5.74, 6) is 1.53. The summed E-state index contributed by atoms with van der Waals surface area (Å²) in [6.07, 6.45) is 14.6. The highest BCUT2D eigenvalue weighted by Gasteiger charge is 2.74. The standard InChI is InChI=1S/C50H63NO5S/c1-31(2)37-16-14-32(3)26-40(37)56-45(54)51(29-35-12-9-11-34-10-7-8-13-38(34)35)30-49(55)23-20-43-47(49,6)22-19-42-46(5)21-18-36(52)27-48(46)24-25-50(42,43)39(28-48)44(53)41-17-15-33(4)57-41/h7-13,15,17,24-25,28,31-32,36-37,40,42-43,52,55H,14,16,18-23,26-27,29-30H2,1-6H3. The van der Waals surface area contributed by atoms with Gasteiger partial charge in [0.05, 0.1) is 23.1 Å². The highest BCUT2D eigenvalue weighted by molar-refractivity contribution is 7.14. The molecule has 2 aromatic carbocycles. The third-order valence-electron chi connectivity index (χ3n) is 17.1. The van der Waals surface area contributed by atoms with E-state index in [0.29, 0.717) is 37.1 Å². The Hall–Kier alpha value is -3.26. The number of aryl methyl sites for hydroxylation is 1. The number of nitrogens with zero attached hydrogens (tertiary/aromatic N) is 1. The van der Waals surface area contributed by atoms with Gasteiger partial charge in [0.1, 0.15) is 6.10 Å². The molecule has 6 nitrogen and oxygen atoms in total. The first-order valence-electron chi connectivity index (χ1n) is 22.0. The van der Waals surface area contributed by atoms with Crippen molar-refractivity contribution in [3.8, 4) is 0 Å². The maximum atomic E-state index is 14.9. The van der Waals surface area contributed by atoms with Crippen LogP contribution in [-0.4, -0.2) is 51.3 Å². The summed E-state index contributed by atoms with van der Waals surface area (Å²) < 4.78 is 6.61. The van der Waals surface area contributed by atoms with Crippen LogP contribution in [0, 0.1) is 58.2 Å². The van der Waals surface area contributed by atoms with E-state index in [1.54, 1.807) is 11.3 Å². The number of thiophene rings is 1. The molecule has 3 aromatic rings. The van der Waals surface area contributed by atoms with Crippen LogP contribution < -0.4 is 0 Å². The highest BCUT2D eigenvalue weighted by atomic mass is 32.1. The molecule has 0 saturated heterocycles. The number of ether oxygens (including phenoxy) is 1. The van der Waals surface area contributed by atoms with Gasteiger partial charge in [-0.25, -0.2) is 4.79 Å². The molecule has 7 aliphatic carbocycles. The minimum absolute atomic E-state index is 0.00294. The fraction of sp³-hybridized carbons (Fsp3) is 0.600. The number of allylic oxidation sites excluding steroid dienone is 4. The maximum Gasteiger partial charge on any atom is 0.410 e. The lowest BCUT2D eigenvalue weighted by Crippen LogP contribution is -2.67. The van der Waals surface area contributed by atoms with Gasteiger partial charge in [-0.2, -0.15) is 0 Å². The van der Waals surface area contributed by atoms with Gasteiger partial charge in [0.25, 0.3) is 0 Å². The van der Waals surface area contributed by atoms with Crippen molar-refractivity contribution in [2.75, 3.05) is 6.54 Å². The van der Waals surface area contributed by atoms with Crippen LogP contribution in [0.25, 0.3) is 10.8 Å². The molecule has 7 heteroatoms. The molecule has 304 valence electrons. The SMILES string of the molecule is Cc1ccc(C(=O)C2=CC34C=CC25C(CCC2(C)C5CCC2(O)CN(Cc2cccc5ccccc25)C(=O)OC2CC(C)CCC2C(C)C)C3(C)CCC(O)C4)s1. The number of rotatable bonds is 8. The zero-order valence-electron chi connectivity index (χ0n) is 34.9. The van der Waals surface area contributed by atoms with Crippen molar-refractivity contribution >= 4 is 34.0 Å². The van der Waals surface area contributed by atoms with Gasteiger partial charge in [-0.05, 0) is 128 Å². The molecule has 2 bridgehead atoms. The zero-order valence-corrected chi connectivity index (χ0v) is 35.7. The van der Waals surface area contributed by atoms with Crippen molar-refractivity contribution in [3.63, 3.8) is 0 Å². The van der Waals surface area contributed by atoms with Crippen LogP contribution in [0.3, 0.4) is 0 Å². The Kier molecular flexibility index (Phi) is 9.57. The van der Waals surface area contributed by atoms with Gasteiger partial charge in [0, 0.05) is 33.2 Å². The van der Waals surface area contributed by atoms with Crippen LogP contribution in [0.15, 0.2) is 78.4 Å². The number of ketones is 1. The first-order valence-corrected chi connectivity index (χ1v) is 22.8. The Labute approximate surface area is 343 Å². The van der Waals surface area contributed by atoms with Crippen LogP contribution in [0.4, 0.5) is 4.79 Å². The number of amides is 1. The van der Waals surface area contributed by atoms with Crippen LogP contribution >= 0.6 is 11.3 Å². The highest BCUT2D eigenvalue weighted by Crippen LogP contribution is 2.78. The van der Waals surface area contributed by atoms with E-state index in [-0.39, 0.29) is 47.2 Å². The van der Waals surface area contributed by atoms with Gasteiger partial charge in [-0.1, -0.05) is 102 Å². The van der Waals surface area contributed by atoms with E-state index in [1.165, 1.54) is 0 Å². The average Bonchev–Trinajstić information content (AvgIpc) is 3.73. The second-order valence-electron chi connectivity index (χ2n) is 20.3. The minimum Gasteiger partial charge on any atom is -0.446 e. The van der Waals surface area contributed by atoms with E-state index in [4.69, 9.17) is 4.74 Å².